The SMILES string of the molecule is COc1ccc(Br)c(CNCCCNCCO)c1OCc1ccccc1F. The van der Waals surface area contributed by atoms with E-state index in [9.17, 15) is 4.39 Å². The second-order valence-corrected chi connectivity index (χ2v) is 6.80. The van der Waals surface area contributed by atoms with E-state index >= 15 is 0 Å². The number of nitrogens with one attached hydrogen (secondary N) is 2. The molecule has 2 rings (SSSR count). The highest BCUT2D eigenvalue weighted by atomic mass is 79.9. The van der Waals surface area contributed by atoms with Crippen molar-refractivity contribution in [2.75, 3.05) is 33.4 Å². The average molecular weight is 441 g/mol. The molecule has 3 N–H and O–H groups in total. The van der Waals surface area contributed by atoms with Gasteiger partial charge in [-0.3, -0.25) is 0 Å². The van der Waals surface area contributed by atoms with Gasteiger partial charge in [0.2, 0.25) is 0 Å². The molecule has 0 amide bonds. The lowest BCUT2D eigenvalue weighted by Crippen LogP contribution is -2.24. The van der Waals surface area contributed by atoms with Crippen LogP contribution in [0.5, 0.6) is 11.5 Å². The summed E-state index contributed by atoms with van der Waals surface area (Å²) in [5.74, 6) is 0.915. The number of halogens is 2. The minimum Gasteiger partial charge on any atom is -0.493 e. The number of benzene rings is 2. The van der Waals surface area contributed by atoms with Gasteiger partial charge in [0.15, 0.2) is 11.5 Å². The Kier molecular flexibility index (Phi) is 9.55. The molecule has 0 atom stereocenters. The van der Waals surface area contributed by atoms with Crippen molar-refractivity contribution in [1.29, 1.82) is 0 Å². The molecule has 0 saturated carbocycles. The van der Waals surface area contributed by atoms with E-state index in [0.29, 0.717) is 30.2 Å². The Morgan fingerprint density at radius 3 is 2.59 bits per heavy atom. The topological polar surface area (TPSA) is 62.8 Å². The van der Waals surface area contributed by atoms with E-state index in [-0.39, 0.29) is 19.0 Å². The van der Waals surface area contributed by atoms with E-state index in [4.69, 9.17) is 14.6 Å². The molecule has 0 spiro atoms. The van der Waals surface area contributed by atoms with Gasteiger partial charge in [0.05, 0.1) is 13.7 Å². The smallest absolute Gasteiger partial charge is 0.167 e. The summed E-state index contributed by atoms with van der Waals surface area (Å²) in [6.45, 7) is 3.11. The van der Waals surface area contributed by atoms with Crippen molar-refractivity contribution >= 4 is 15.9 Å². The maximum atomic E-state index is 13.9. The van der Waals surface area contributed by atoms with Gasteiger partial charge in [-0.2, -0.15) is 0 Å². The molecule has 0 aliphatic heterocycles. The Balaban J connectivity index is 2.01. The molecule has 0 aromatic heterocycles. The van der Waals surface area contributed by atoms with E-state index in [1.807, 2.05) is 12.1 Å². The van der Waals surface area contributed by atoms with E-state index in [1.165, 1.54) is 6.07 Å². The van der Waals surface area contributed by atoms with Crippen molar-refractivity contribution in [3.63, 3.8) is 0 Å². The van der Waals surface area contributed by atoms with Crippen LogP contribution >= 0.6 is 15.9 Å². The molecule has 7 heteroatoms. The monoisotopic (exact) mass is 440 g/mol. The van der Waals surface area contributed by atoms with Crippen LogP contribution in [0.2, 0.25) is 0 Å². The third-order valence-corrected chi connectivity index (χ3v) is 4.76. The second-order valence-electron chi connectivity index (χ2n) is 5.94. The van der Waals surface area contributed by atoms with Gasteiger partial charge in [-0.15, -0.1) is 0 Å². The van der Waals surface area contributed by atoms with Crippen molar-refractivity contribution in [2.45, 2.75) is 19.6 Å². The fourth-order valence-corrected chi connectivity index (χ4v) is 3.04. The number of methoxy groups -OCH3 is 1. The third kappa shape index (κ3) is 6.77. The number of hydrogen-bond acceptors (Lipinski definition) is 5. The maximum absolute atomic E-state index is 13.9. The highest BCUT2D eigenvalue weighted by Crippen LogP contribution is 2.36. The zero-order valence-corrected chi connectivity index (χ0v) is 17.0. The van der Waals surface area contributed by atoms with Crippen LogP contribution in [-0.2, 0) is 13.2 Å². The lowest BCUT2D eigenvalue weighted by Gasteiger charge is -2.17. The molecule has 0 aliphatic carbocycles. The summed E-state index contributed by atoms with van der Waals surface area (Å²) >= 11 is 3.56. The van der Waals surface area contributed by atoms with Gasteiger partial charge in [0, 0.05) is 28.7 Å². The average Bonchev–Trinajstić information content (AvgIpc) is 2.68. The quantitative estimate of drug-likeness (QED) is 0.442. The molecule has 27 heavy (non-hydrogen) atoms. The van der Waals surface area contributed by atoms with Gasteiger partial charge in [-0.25, -0.2) is 4.39 Å². The van der Waals surface area contributed by atoms with Crippen LogP contribution in [0.15, 0.2) is 40.9 Å². The Labute approximate surface area is 168 Å². The van der Waals surface area contributed by atoms with E-state index in [0.717, 1.165) is 29.5 Å². The molecule has 0 radical (unpaired) electrons. The van der Waals surface area contributed by atoms with Crippen LogP contribution in [-0.4, -0.2) is 38.5 Å². The van der Waals surface area contributed by atoms with Crippen molar-refractivity contribution in [2.24, 2.45) is 0 Å². The summed E-state index contributed by atoms with van der Waals surface area (Å²) in [6, 6.07) is 10.3. The zero-order valence-electron chi connectivity index (χ0n) is 15.4. The van der Waals surface area contributed by atoms with E-state index in [2.05, 4.69) is 26.6 Å². The summed E-state index contributed by atoms with van der Waals surface area (Å²) in [5.41, 5.74) is 1.42. The summed E-state index contributed by atoms with van der Waals surface area (Å²) < 4.78 is 26.1. The van der Waals surface area contributed by atoms with Crippen molar-refractivity contribution in [3.8, 4) is 11.5 Å². The highest BCUT2D eigenvalue weighted by molar-refractivity contribution is 9.10. The van der Waals surface area contributed by atoms with Gasteiger partial charge in [0.1, 0.15) is 12.4 Å². The molecule has 0 bridgehead atoms. The van der Waals surface area contributed by atoms with E-state index < -0.39 is 0 Å². The summed E-state index contributed by atoms with van der Waals surface area (Å²) in [6.07, 6.45) is 0.938. The molecule has 148 valence electrons. The summed E-state index contributed by atoms with van der Waals surface area (Å²) in [7, 11) is 1.59. The van der Waals surface area contributed by atoms with Crippen molar-refractivity contribution in [3.05, 3.63) is 57.8 Å². The van der Waals surface area contributed by atoms with Crippen LogP contribution in [0.1, 0.15) is 17.5 Å². The molecule has 0 unspecified atom stereocenters. The lowest BCUT2D eigenvalue weighted by atomic mass is 10.1. The predicted molar refractivity (Wildman–Crippen MR) is 108 cm³/mol. The molecule has 0 saturated heterocycles. The third-order valence-electron chi connectivity index (χ3n) is 4.01. The predicted octanol–water partition coefficient (Wildman–Crippen LogP) is 3.24. The fourth-order valence-electron chi connectivity index (χ4n) is 2.59. The first-order valence-corrected chi connectivity index (χ1v) is 9.70. The molecule has 2 aromatic rings. The number of aliphatic hydroxyl groups is 1. The highest BCUT2D eigenvalue weighted by Gasteiger charge is 2.15. The largest absolute Gasteiger partial charge is 0.493 e. The molecular formula is C20H26BrFN2O3. The van der Waals surface area contributed by atoms with Crippen LogP contribution in [0.3, 0.4) is 0 Å². The Morgan fingerprint density at radius 2 is 1.85 bits per heavy atom. The lowest BCUT2D eigenvalue weighted by molar-refractivity contribution is 0.275. The number of ether oxygens (including phenoxy) is 2. The molecule has 2 aromatic carbocycles. The first-order chi connectivity index (χ1) is 13.2. The number of rotatable bonds is 12. The van der Waals surface area contributed by atoms with Gasteiger partial charge in [-0.1, -0.05) is 34.1 Å². The Morgan fingerprint density at radius 1 is 1.07 bits per heavy atom. The molecule has 5 nitrogen and oxygen atoms in total. The number of aliphatic hydroxyl groups excluding tert-OH is 1. The van der Waals surface area contributed by atoms with Crippen LogP contribution in [0, 0.1) is 5.82 Å². The first-order valence-electron chi connectivity index (χ1n) is 8.91. The summed E-state index contributed by atoms with van der Waals surface area (Å²) in [4.78, 5) is 0. The van der Waals surface area contributed by atoms with Gasteiger partial charge in [0.25, 0.3) is 0 Å². The molecule has 0 fully saturated rings. The molecule has 0 heterocycles. The van der Waals surface area contributed by atoms with Gasteiger partial charge in [-0.05, 0) is 37.7 Å². The standard InChI is InChI=1S/C20H26BrFN2O3/c1-26-19-8-7-17(21)16(13-24-10-4-9-23-11-12-25)20(19)27-14-15-5-2-3-6-18(15)22/h2-3,5-8,23-25H,4,9-14H2,1H3. The van der Waals surface area contributed by atoms with Gasteiger partial charge < -0.3 is 25.2 Å². The Bertz CT molecular complexity index is 716. The number of hydrogen-bond donors (Lipinski definition) is 3. The van der Waals surface area contributed by atoms with Gasteiger partial charge >= 0.3 is 0 Å². The molecular weight excluding hydrogens is 415 g/mol. The molecule has 0 aliphatic rings. The zero-order chi connectivity index (χ0) is 19.5. The van der Waals surface area contributed by atoms with Crippen LogP contribution < -0.4 is 20.1 Å². The maximum Gasteiger partial charge on any atom is 0.167 e. The van der Waals surface area contributed by atoms with Crippen LogP contribution in [0.25, 0.3) is 0 Å². The van der Waals surface area contributed by atoms with E-state index in [1.54, 1.807) is 25.3 Å². The minimum absolute atomic E-state index is 0.123. The second kappa shape index (κ2) is 11.9. The summed E-state index contributed by atoms with van der Waals surface area (Å²) in [5, 5.41) is 15.3. The fraction of sp³-hybridized carbons (Fsp3) is 0.400. The van der Waals surface area contributed by atoms with Crippen molar-refractivity contribution < 1.29 is 19.0 Å². The minimum atomic E-state index is -0.290. The van der Waals surface area contributed by atoms with Crippen LogP contribution in [0.4, 0.5) is 4.39 Å². The van der Waals surface area contributed by atoms with Crippen molar-refractivity contribution in [1.82, 2.24) is 10.6 Å². The Hall–Kier alpha value is -1.67. The first kappa shape index (κ1) is 21.6. The normalized spacial score (nSPS) is 10.8.